The Morgan fingerprint density at radius 1 is 0.923 bits per heavy atom. The van der Waals surface area contributed by atoms with E-state index in [0.717, 1.165) is 26.2 Å². The minimum atomic E-state index is -3.90. The van der Waals surface area contributed by atoms with E-state index in [1.165, 1.54) is 23.1 Å². The standard InChI is InChI=1S/C28H30BrCl2N3O4S/c1-19(2)32-28(36)26(15-20-8-5-4-6-9-20)33(17-21-10-7-11-22(29)14-21)27(35)18-34(39(3,37)38)23-12-13-24(30)25(31)16-23/h4-14,16,19,26H,15,17-18H2,1-3H3,(H,32,36)/t26-/m1/s1. The summed E-state index contributed by atoms with van der Waals surface area (Å²) in [4.78, 5) is 29.0. The van der Waals surface area contributed by atoms with Gasteiger partial charge in [0.25, 0.3) is 0 Å². The van der Waals surface area contributed by atoms with E-state index in [1.54, 1.807) is 0 Å². The second kappa shape index (κ2) is 13.7. The number of nitrogens with one attached hydrogen (secondary N) is 1. The fourth-order valence-corrected chi connectivity index (χ4v) is 5.60. The van der Waals surface area contributed by atoms with E-state index in [4.69, 9.17) is 23.2 Å². The molecule has 0 radical (unpaired) electrons. The van der Waals surface area contributed by atoms with Crippen LogP contribution in [-0.4, -0.2) is 50.0 Å². The van der Waals surface area contributed by atoms with Crippen LogP contribution in [0.25, 0.3) is 0 Å². The highest BCUT2D eigenvalue weighted by atomic mass is 79.9. The van der Waals surface area contributed by atoms with Crippen LogP contribution in [0.4, 0.5) is 5.69 Å². The maximum absolute atomic E-state index is 14.0. The van der Waals surface area contributed by atoms with Gasteiger partial charge in [0.05, 0.1) is 22.0 Å². The molecule has 0 aliphatic rings. The molecule has 0 aromatic heterocycles. The minimum Gasteiger partial charge on any atom is -0.352 e. The van der Waals surface area contributed by atoms with Crippen molar-refractivity contribution in [2.75, 3.05) is 17.1 Å². The smallest absolute Gasteiger partial charge is 0.244 e. The number of halogens is 3. The minimum absolute atomic E-state index is 0.0836. The van der Waals surface area contributed by atoms with Crippen molar-refractivity contribution in [1.82, 2.24) is 10.2 Å². The molecule has 0 saturated heterocycles. The summed E-state index contributed by atoms with van der Waals surface area (Å²) in [6, 6.07) is 20.0. The van der Waals surface area contributed by atoms with Crippen molar-refractivity contribution in [3.05, 3.63) is 98.4 Å². The number of sulfonamides is 1. The zero-order chi connectivity index (χ0) is 28.7. The summed E-state index contributed by atoms with van der Waals surface area (Å²) in [6.07, 6.45) is 1.25. The van der Waals surface area contributed by atoms with Crippen LogP contribution in [0, 0.1) is 0 Å². The van der Waals surface area contributed by atoms with Crippen LogP contribution in [0.15, 0.2) is 77.3 Å². The number of hydrogen-bond acceptors (Lipinski definition) is 4. The average molecular weight is 655 g/mol. The van der Waals surface area contributed by atoms with Crippen molar-refractivity contribution in [2.24, 2.45) is 0 Å². The van der Waals surface area contributed by atoms with Crippen LogP contribution in [0.2, 0.25) is 10.0 Å². The molecule has 1 atom stereocenters. The Morgan fingerprint density at radius 3 is 2.18 bits per heavy atom. The molecule has 0 saturated carbocycles. The van der Waals surface area contributed by atoms with Crippen LogP contribution < -0.4 is 9.62 Å². The van der Waals surface area contributed by atoms with Crippen molar-refractivity contribution in [2.45, 2.75) is 38.9 Å². The third-order valence-electron chi connectivity index (χ3n) is 5.81. The Balaban J connectivity index is 2.07. The topological polar surface area (TPSA) is 86.8 Å². The summed E-state index contributed by atoms with van der Waals surface area (Å²) in [5.41, 5.74) is 1.82. The van der Waals surface area contributed by atoms with Gasteiger partial charge in [0, 0.05) is 23.5 Å². The van der Waals surface area contributed by atoms with Crippen LogP contribution in [0.5, 0.6) is 0 Å². The Hall–Kier alpha value is -2.59. The van der Waals surface area contributed by atoms with Crippen molar-refractivity contribution >= 4 is 66.7 Å². The maximum Gasteiger partial charge on any atom is 0.244 e. The van der Waals surface area contributed by atoms with Gasteiger partial charge in [-0.1, -0.05) is 81.6 Å². The first-order valence-electron chi connectivity index (χ1n) is 12.2. The Morgan fingerprint density at radius 2 is 1.59 bits per heavy atom. The molecule has 3 aromatic carbocycles. The Bertz CT molecular complexity index is 1420. The molecule has 0 aliphatic heterocycles. The highest BCUT2D eigenvalue weighted by molar-refractivity contribution is 9.10. The first kappa shape index (κ1) is 30.9. The number of benzene rings is 3. The van der Waals surface area contributed by atoms with E-state index in [2.05, 4.69) is 21.2 Å². The molecule has 1 N–H and O–H groups in total. The molecular weight excluding hydrogens is 625 g/mol. The molecule has 0 unspecified atom stereocenters. The zero-order valence-electron chi connectivity index (χ0n) is 21.8. The van der Waals surface area contributed by atoms with Gasteiger partial charge in [-0.3, -0.25) is 13.9 Å². The van der Waals surface area contributed by atoms with Crippen molar-refractivity contribution in [3.8, 4) is 0 Å². The van der Waals surface area contributed by atoms with Gasteiger partial charge in [-0.15, -0.1) is 0 Å². The quantitative estimate of drug-likeness (QED) is 0.288. The maximum atomic E-state index is 14.0. The SMILES string of the molecule is CC(C)NC(=O)[C@@H](Cc1ccccc1)N(Cc1cccc(Br)c1)C(=O)CN(c1ccc(Cl)c(Cl)c1)S(C)(=O)=O. The lowest BCUT2D eigenvalue weighted by atomic mass is 10.0. The first-order valence-corrected chi connectivity index (χ1v) is 15.6. The van der Waals surface area contributed by atoms with E-state index in [9.17, 15) is 18.0 Å². The number of hydrogen-bond donors (Lipinski definition) is 1. The van der Waals surface area contributed by atoms with Gasteiger partial charge in [-0.05, 0) is 55.3 Å². The molecule has 0 aliphatic carbocycles. The first-order chi connectivity index (χ1) is 18.3. The lowest BCUT2D eigenvalue weighted by Crippen LogP contribution is -2.54. The number of anilines is 1. The van der Waals surface area contributed by atoms with E-state index in [0.29, 0.717) is 0 Å². The molecule has 0 fully saturated rings. The van der Waals surface area contributed by atoms with Crippen molar-refractivity contribution in [1.29, 1.82) is 0 Å². The largest absolute Gasteiger partial charge is 0.352 e. The predicted octanol–water partition coefficient (Wildman–Crippen LogP) is 5.69. The van der Waals surface area contributed by atoms with E-state index < -0.39 is 28.5 Å². The van der Waals surface area contributed by atoms with Crippen molar-refractivity contribution < 1.29 is 18.0 Å². The summed E-state index contributed by atoms with van der Waals surface area (Å²) < 4.78 is 27.4. The van der Waals surface area contributed by atoms with Crippen LogP contribution in [0.1, 0.15) is 25.0 Å². The monoisotopic (exact) mass is 653 g/mol. The van der Waals surface area contributed by atoms with Gasteiger partial charge in [0.1, 0.15) is 12.6 Å². The second-order valence-electron chi connectivity index (χ2n) is 9.39. The molecule has 7 nitrogen and oxygen atoms in total. The molecule has 2 amide bonds. The molecule has 0 heterocycles. The zero-order valence-corrected chi connectivity index (χ0v) is 25.7. The molecule has 3 aromatic rings. The summed E-state index contributed by atoms with van der Waals surface area (Å²) in [6.45, 7) is 3.23. The van der Waals surface area contributed by atoms with E-state index in [-0.39, 0.29) is 40.6 Å². The highest BCUT2D eigenvalue weighted by Gasteiger charge is 2.33. The molecule has 39 heavy (non-hydrogen) atoms. The predicted molar refractivity (Wildman–Crippen MR) is 161 cm³/mol. The molecule has 3 rings (SSSR count). The molecule has 208 valence electrons. The fourth-order valence-electron chi connectivity index (χ4n) is 4.02. The number of amides is 2. The summed E-state index contributed by atoms with van der Waals surface area (Å²) in [7, 11) is -3.90. The number of carbonyl (C=O) groups is 2. The van der Waals surface area contributed by atoms with Gasteiger partial charge >= 0.3 is 0 Å². The number of carbonyl (C=O) groups excluding carboxylic acids is 2. The summed E-state index contributed by atoms with van der Waals surface area (Å²) in [5.74, 6) is -0.885. The second-order valence-corrected chi connectivity index (χ2v) is 13.0. The molecule has 0 spiro atoms. The Labute approximate surface area is 248 Å². The highest BCUT2D eigenvalue weighted by Crippen LogP contribution is 2.29. The van der Waals surface area contributed by atoms with E-state index in [1.807, 2.05) is 68.4 Å². The van der Waals surface area contributed by atoms with Gasteiger partial charge in [0.15, 0.2) is 0 Å². The molecule has 11 heteroatoms. The summed E-state index contributed by atoms with van der Waals surface area (Å²) >= 11 is 15.6. The van der Waals surface area contributed by atoms with Crippen molar-refractivity contribution in [3.63, 3.8) is 0 Å². The van der Waals surface area contributed by atoms with Crippen LogP contribution in [-0.2, 0) is 32.6 Å². The summed E-state index contributed by atoms with van der Waals surface area (Å²) in [5, 5.41) is 3.33. The van der Waals surface area contributed by atoms with E-state index >= 15 is 0 Å². The third kappa shape index (κ3) is 8.96. The van der Waals surface area contributed by atoms with Gasteiger partial charge in [-0.2, -0.15) is 0 Å². The Kier molecular flexibility index (Phi) is 10.8. The normalized spacial score (nSPS) is 12.2. The van der Waals surface area contributed by atoms with Gasteiger partial charge in [0.2, 0.25) is 21.8 Å². The third-order valence-corrected chi connectivity index (χ3v) is 8.19. The number of nitrogens with zero attached hydrogens (tertiary/aromatic N) is 2. The van der Waals surface area contributed by atoms with Gasteiger partial charge in [-0.25, -0.2) is 8.42 Å². The lowest BCUT2D eigenvalue weighted by molar-refractivity contribution is -0.140. The average Bonchev–Trinajstić information content (AvgIpc) is 2.86. The molecular formula is C28H30BrCl2N3O4S. The fraction of sp³-hybridized carbons (Fsp3) is 0.286. The molecule has 0 bridgehead atoms. The van der Waals surface area contributed by atoms with Gasteiger partial charge < -0.3 is 10.2 Å². The number of rotatable bonds is 11. The lowest BCUT2D eigenvalue weighted by Gasteiger charge is -2.34. The van der Waals surface area contributed by atoms with Crippen LogP contribution >= 0.6 is 39.1 Å². The van der Waals surface area contributed by atoms with Crippen LogP contribution in [0.3, 0.4) is 0 Å².